The van der Waals surface area contributed by atoms with E-state index in [-0.39, 0.29) is 4.47 Å². The van der Waals surface area contributed by atoms with Gasteiger partial charge in [-0.1, -0.05) is 0 Å². The maximum absolute atomic E-state index is 13.1. The molecule has 13 heavy (non-hydrogen) atoms. The van der Waals surface area contributed by atoms with E-state index in [4.69, 9.17) is 11.6 Å². The number of halogens is 4. The highest BCUT2D eigenvalue weighted by Crippen LogP contribution is 2.24. The zero-order valence-electron chi connectivity index (χ0n) is 6.79. The summed E-state index contributed by atoms with van der Waals surface area (Å²) in [5, 5.41) is 0. The molecule has 1 aromatic carbocycles. The summed E-state index contributed by atoms with van der Waals surface area (Å²) in [6.45, 7) is 0. The van der Waals surface area contributed by atoms with Gasteiger partial charge in [0.2, 0.25) is 0 Å². The van der Waals surface area contributed by atoms with E-state index in [2.05, 4.69) is 15.9 Å². The van der Waals surface area contributed by atoms with Gasteiger partial charge in [0, 0.05) is 11.4 Å². The van der Waals surface area contributed by atoms with E-state index >= 15 is 0 Å². The normalized spacial score (nSPS) is 10.5. The summed E-state index contributed by atoms with van der Waals surface area (Å²) in [6.07, 6.45) is 1.09. The number of hydrogen-bond donors (Lipinski definition) is 0. The van der Waals surface area contributed by atoms with Crippen LogP contribution < -0.4 is 0 Å². The van der Waals surface area contributed by atoms with Crippen LogP contribution in [0.3, 0.4) is 0 Å². The lowest BCUT2D eigenvalue weighted by atomic mass is 10.1. The maximum atomic E-state index is 13.1. The third-order valence-corrected chi connectivity index (χ3v) is 2.82. The average Bonchev–Trinajstić information content (AvgIpc) is 2.12. The third-order valence-electron chi connectivity index (χ3n) is 1.70. The van der Waals surface area contributed by atoms with Crippen LogP contribution in [0.1, 0.15) is 12.0 Å². The van der Waals surface area contributed by atoms with Crippen LogP contribution in [0.25, 0.3) is 0 Å². The zero-order valence-corrected chi connectivity index (χ0v) is 9.13. The monoisotopic (exact) mass is 268 g/mol. The quantitative estimate of drug-likeness (QED) is 0.577. The molecule has 0 spiro atoms. The lowest BCUT2D eigenvalue weighted by molar-refractivity contribution is 0.577. The van der Waals surface area contributed by atoms with Crippen molar-refractivity contribution in [2.75, 3.05) is 5.88 Å². The molecule has 0 unspecified atom stereocenters. The predicted octanol–water partition coefficient (Wildman–Crippen LogP) is 3.90. The van der Waals surface area contributed by atoms with Crippen LogP contribution in [0.4, 0.5) is 8.78 Å². The number of rotatable bonds is 3. The highest BCUT2D eigenvalue weighted by atomic mass is 79.9. The Hall–Kier alpha value is -0.150. The molecular formula is C9H8BrClF2. The fraction of sp³-hybridized carbons (Fsp3) is 0.333. The summed E-state index contributed by atoms with van der Waals surface area (Å²) in [6, 6.07) is 2.23. The molecule has 0 aliphatic carbocycles. The van der Waals surface area contributed by atoms with Gasteiger partial charge < -0.3 is 0 Å². The lowest BCUT2D eigenvalue weighted by Gasteiger charge is -2.05. The van der Waals surface area contributed by atoms with Crippen molar-refractivity contribution in [3.05, 3.63) is 33.8 Å². The second-order valence-corrected chi connectivity index (χ2v) is 3.79. The molecule has 1 aromatic rings. The van der Waals surface area contributed by atoms with Crippen LogP contribution >= 0.6 is 27.5 Å². The summed E-state index contributed by atoms with van der Waals surface area (Å²) in [4.78, 5) is 0. The van der Waals surface area contributed by atoms with Gasteiger partial charge >= 0.3 is 0 Å². The van der Waals surface area contributed by atoms with Gasteiger partial charge in [-0.3, -0.25) is 0 Å². The number of benzene rings is 1. The van der Waals surface area contributed by atoms with Crippen molar-refractivity contribution in [2.24, 2.45) is 0 Å². The average molecular weight is 270 g/mol. The summed E-state index contributed by atoms with van der Waals surface area (Å²) < 4.78 is 26.3. The van der Waals surface area contributed by atoms with Gasteiger partial charge in [-0.2, -0.15) is 0 Å². The first-order valence-corrected chi connectivity index (χ1v) is 5.18. The van der Waals surface area contributed by atoms with Gasteiger partial charge in [-0.25, -0.2) is 8.78 Å². The van der Waals surface area contributed by atoms with Gasteiger partial charge in [-0.15, -0.1) is 11.6 Å². The summed E-state index contributed by atoms with van der Waals surface area (Å²) in [5.74, 6) is -0.382. The van der Waals surface area contributed by atoms with Crippen LogP contribution in [0.15, 0.2) is 16.6 Å². The van der Waals surface area contributed by atoms with Crippen molar-refractivity contribution in [1.29, 1.82) is 0 Å². The Labute approximate surface area is 89.0 Å². The van der Waals surface area contributed by atoms with E-state index in [1.165, 1.54) is 0 Å². The van der Waals surface area contributed by atoms with E-state index in [0.717, 1.165) is 12.1 Å². The fourth-order valence-electron chi connectivity index (χ4n) is 1.04. The minimum atomic E-state index is -0.439. The Morgan fingerprint density at radius 3 is 2.46 bits per heavy atom. The highest BCUT2D eigenvalue weighted by Gasteiger charge is 2.10. The van der Waals surface area contributed by atoms with E-state index in [1.807, 2.05) is 0 Å². The first kappa shape index (κ1) is 10.9. The molecule has 72 valence electrons. The molecule has 0 radical (unpaired) electrons. The Morgan fingerprint density at radius 1 is 1.23 bits per heavy atom. The van der Waals surface area contributed by atoms with E-state index in [1.54, 1.807) is 0 Å². The lowest BCUT2D eigenvalue weighted by Crippen LogP contribution is -1.95. The molecule has 0 N–H and O–H groups in total. The highest BCUT2D eigenvalue weighted by molar-refractivity contribution is 9.10. The molecule has 4 heteroatoms. The van der Waals surface area contributed by atoms with Gasteiger partial charge in [0.1, 0.15) is 11.6 Å². The molecule has 0 aliphatic rings. The molecule has 1 rings (SSSR count). The second kappa shape index (κ2) is 4.91. The standard InChI is InChI=1S/C9H8BrClF2/c10-9-6(2-1-5-11)7(12)3-4-8(9)13/h3-4H,1-2,5H2. The minimum Gasteiger partial charge on any atom is -0.207 e. The molecule has 0 nitrogen and oxygen atoms in total. The number of hydrogen-bond acceptors (Lipinski definition) is 0. The van der Waals surface area contributed by atoms with E-state index < -0.39 is 11.6 Å². The molecule has 0 aromatic heterocycles. The summed E-state index contributed by atoms with van der Waals surface area (Å²) in [7, 11) is 0. The maximum Gasteiger partial charge on any atom is 0.137 e. The van der Waals surface area contributed by atoms with Crippen LogP contribution in [-0.4, -0.2) is 5.88 Å². The molecule has 0 atom stereocenters. The number of alkyl halides is 1. The van der Waals surface area contributed by atoms with Crippen molar-refractivity contribution in [3.63, 3.8) is 0 Å². The van der Waals surface area contributed by atoms with Crippen LogP contribution in [0.5, 0.6) is 0 Å². The van der Waals surface area contributed by atoms with Gasteiger partial charge in [0.15, 0.2) is 0 Å². The Bertz CT molecular complexity index is 302. The largest absolute Gasteiger partial charge is 0.207 e. The Morgan fingerprint density at radius 2 is 1.85 bits per heavy atom. The van der Waals surface area contributed by atoms with Gasteiger partial charge in [0.25, 0.3) is 0 Å². The molecule has 0 heterocycles. The van der Waals surface area contributed by atoms with Crippen LogP contribution in [-0.2, 0) is 6.42 Å². The smallest absolute Gasteiger partial charge is 0.137 e. The Kier molecular flexibility index (Phi) is 4.13. The first-order chi connectivity index (χ1) is 6.16. The van der Waals surface area contributed by atoms with Gasteiger partial charge in [0.05, 0.1) is 4.47 Å². The summed E-state index contributed by atoms with van der Waals surface area (Å²) in [5.41, 5.74) is 0.362. The van der Waals surface area contributed by atoms with E-state index in [0.29, 0.717) is 24.3 Å². The van der Waals surface area contributed by atoms with Crippen molar-refractivity contribution in [2.45, 2.75) is 12.8 Å². The van der Waals surface area contributed by atoms with Crippen molar-refractivity contribution < 1.29 is 8.78 Å². The molecule has 0 amide bonds. The van der Waals surface area contributed by atoms with Crippen molar-refractivity contribution >= 4 is 27.5 Å². The topological polar surface area (TPSA) is 0 Å². The minimum absolute atomic E-state index is 0.206. The Balaban J connectivity index is 2.96. The molecule has 0 aliphatic heterocycles. The van der Waals surface area contributed by atoms with Crippen LogP contribution in [0.2, 0.25) is 0 Å². The summed E-state index contributed by atoms with van der Waals surface area (Å²) >= 11 is 8.47. The zero-order chi connectivity index (χ0) is 9.84. The molecule has 0 saturated heterocycles. The predicted molar refractivity (Wildman–Crippen MR) is 53.1 cm³/mol. The first-order valence-electron chi connectivity index (χ1n) is 3.85. The van der Waals surface area contributed by atoms with E-state index in [9.17, 15) is 8.78 Å². The third kappa shape index (κ3) is 2.64. The molecule has 0 saturated carbocycles. The molecule has 0 bridgehead atoms. The van der Waals surface area contributed by atoms with Crippen molar-refractivity contribution in [1.82, 2.24) is 0 Å². The fourth-order valence-corrected chi connectivity index (χ4v) is 1.70. The van der Waals surface area contributed by atoms with Crippen molar-refractivity contribution in [3.8, 4) is 0 Å². The molecule has 0 fully saturated rings. The van der Waals surface area contributed by atoms with Gasteiger partial charge in [-0.05, 0) is 40.9 Å². The second-order valence-electron chi connectivity index (χ2n) is 2.61. The van der Waals surface area contributed by atoms with Crippen LogP contribution in [0, 0.1) is 11.6 Å². The molecular weight excluding hydrogens is 261 g/mol. The SMILES string of the molecule is Fc1ccc(F)c(CCCCl)c1Br.